The van der Waals surface area contributed by atoms with Gasteiger partial charge in [0.2, 0.25) is 0 Å². The number of benzene rings is 2. The number of carbonyl (C=O) groups excluding carboxylic acids is 1. The third-order valence-corrected chi connectivity index (χ3v) is 4.48. The van der Waals surface area contributed by atoms with Crippen LogP contribution in [0.1, 0.15) is 21.9 Å². The zero-order valence-corrected chi connectivity index (χ0v) is 16.5. The summed E-state index contributed by atoms with van der Waals surface area (Å²) in [6, 6.07) is 16.7. The first-order valence-corrected chi connectivity index (χ1v) is 9.49. The van der Waals surface area contributed by atoms with E-state index in [1.54, 1.807) is 65.5 Å². The number of ether oxygens (including phenoxy) is 1. The summed E-state index contributed by atoms with van der Waals surface area (Å²) < 4.78 is 26.4. The van der Waals surface area contributed by atoms with Gasteiger partial charge in [0.05, 0.1) is 18.4 Å². The molecule has 0 aliphatic carbocycles. The van der Waals surface area contributed by atoms with E-state index < -0.39 is 5.91 Å². The molecule has 0 atom stereocenters. The lowest BCUT2D eigenvalue weighted by Crippen LogP contribution is -2.10. The monoisotopic (exact) mass is 425 g/mol. The van der Waals surface area contributed by atoms with Crippen molar-refractivity contribution in [2.75, 3.05) is 5.32 Å². The third kappa shape index (κ3) is 4.87. The summed E-state index contributed by atoms with van der Waals surface area (Å²) in [7, 11) is 0. The van der Waals surface area contributed by atoms with Crippen LogP contribution >= 0.6 is 11.6 Å². The molecule has 0 spiro atoms. The minimum atomic E-state index is -0.422. The Hall–Kier alpha value is -3.58. The van der Waals surface area contributed by atoms with Crippen molar-refractivity contribution >= 4 is 23.2 Å². The highest BCUT2D eigenvalue weighted by atomic mass is 35.5. The summed E-state index contributed by atoms with van der Waals surface area (Å²) in [5, 5.41) is 7.43. The van der Waals surface area contributed by atoms with Gasteiger partial charge in [0.25, 0.3) is 5.91 Å². The molecular weight excluding hydrogens is 409 g/mol. The summed E-state index contributed by atoms with van der Waals surface area (Å²) in [5.41, 5.74) is 0.985. The molecule has 2 aromatic carbocycles. The first-order valence-electron chi connectivity index (χ1n) is 9.11. The second-order valence-corrected chi connectivity index (χ2v) is 6.92. The molecule has 0 saturated carbocycles. The van der Waals surface area contributed by atoms with Gasteiger partial charge in [-0.1, -0.05) is 35.9 Å². The Morgan fingerprint density at radius 3 is 2.87 bits per heavy atom. The maximum absolute atomic E-state index is 13.8. The van der Waals surface area contributed by atoms with Crippen molar-refractivity contribution < 1.29 is 18.3 Å². The molecule has 6 nitrogen and oxygen atoms in total. The lowest BCUT2D eigenvalue weighted by Gasteiger charge is -2.04. The van der Waals surface area contributed by atoms with Crippen LogP contribution in [0.25, 0.3) is 0 Å². The number of carbonyl (C=O) groups is 1. The van der Waals surface area contributed by atoms with Crippen LogP contribution in [0, 0.1) is 5.82 Å². The van der Waals surface area contributed by atoms with Gasteiger partial charge in [-0.05, 0) is 36.4 Å². The summed E-state index contributed by atoms with van der Waals surface area (Å²) in [4.78, 5) is 12.4. The van der Waals surface area contributed by atoms with E-state index in [9.17, 15) is 9.18 Å². The van der Waals surface area contributed by atoms with E-state index in [0.717, 1.165) is 0 Å². The van der Waals surface area contributed by atoms with Crippen molar-refractivity contribution in [1.82, 2.24) is 9.78 Å². The third-order valence-electron chi connectivity index (χ3n) is 4.24. The SMILES string of the molecule is O=C(Nc1cnn(Cc2ccccc2F)c1)c1ccc(COc2cccc(Cl)c2)o1. The van der Waals surface area contributed by atoms with Gasteiger partial charge in [-0.2, -0.15) is 5.10 Å². The van der Waals surface area contributed by atoms with Crippen LogP contribution in [0.3, 0.4) is 0 Å². The number of furan rings is 1. The summed E-state index contributed by atoms with van der Waals surface area (Å²) in [6.45, 7) is 0.419. The Labute approximate surface area is 176 Å². The first kappa shape index (κ1) is 19.7. The molecule has 0 fully saturated rings. The van der Waals surface area contributed by atoms with Gasteiger partial charge in [-0.15, -0.1) is 0 Å². The van der Waals surface area contributed by atoms with Crippen LogP contribution in [0.5, 0.6) is 5.75 Å². The second-order valence-electron chi connectivity index (χ2n) is 6.48. The number of aromatic nitrogens is 2. The fourth-order valence-electron chi connectivity index (χ4n) is 2.80. The Balaban J connectivity index is 1.34. The number of hydrogen-bond acceptors (Lipinski definition) is 4. The molecule has 4 aromatic rings. The van der Waals surface area contributed by atoms with Crippen LogP contribution < -0.4 is 10.1 Å². The van der Waals surface area contributed by atoms with Crippen molar-refractivity contribution in [1.29, 1.82) is 0 Å². The number of nitrogens with zero attached hydrogens (tertiary/aromatic N) is 2. The zero-order valence-electron chi connectivity index (χ0n) is 15.7. The number of hydrogen-bond donors (Lipinski definition) is 1. The van der Waals surface area contributed by atoms with Gasteiger partial charge in [0, 0.05) is 16.8 Å². The molecule has 30 heavy (non-hydrogen) atoms. The highest BCUT2D eigenvalue weighted by molar-refractivity contribution is 6.30. The Morgan fingerprint density at radius 1 is 1.17 bits per heavy atom. The molecule has 4 rings (SSSR count). The topological polar surface area (TPSA) is 69.3 Å². The molecule has 0 bridgehead atoms. The summed E-state index contributed by atoms with van der Waals surface area (Å²) >= 11 is 5.92. The predicted molar refractivity (Wildman–Crippen MR) is 110 cm³/mol. The number of amides is 1. The quantitative estimate of drug-likeness (QED) is 0.444. The maximum Gasteiger partial charge on any atom is 0.291 e. The average molecular weight is 426 g/mol. The zero-order chi connectivity index (χ0) is 20.9. The highest BCUT2D eigenvalue weighted by Gasteiger charge is 2.13. The van der Waals surface area contributed by atoms with Gasteiger partial charge in [0.15, 0.2) is 5.76 Å². The number of nitrogens with one attached hydrogen (secondary N) is 1. The maximum atomic E-state index is 13.8. The Kier molecular flexibility index (Phi) is 5.81. The van der Waals surface area contributed by atoms with Gasteiger partial charge >= 0.3 is 0 Å². The molecule has 0 radical (unpaired) electrons. The standard InChI is InChI=1S/C22H17ClFN3O3/c23-16-5-3-6-18(10-16)29-14-19-8-9-21(30-19)22(28)26-17-11-25-27(13-17)12-15-4-1-2-7-20(15)24/h1-11,13H,12,14H2,(H,26,28). The molecule has 8 heteroatoms. The van der Waals surface area contributed by atoms with Gasteiger partial charge < -0.3 is 14.5 Å². The van der Waals surface area contributed by atoms with E-state index in [2.05, 4.69) is 10.4 Å². The minimum Gasteiger partial charge on any atom is -0.486 e. The normalized spacial score (nSPS) is 10.7. The van der Waals surface area contributed by atoms with E-state index in [-0.39, 0.29) is 24.7 Å². The fraction of sp³-hybridized carbons (Fsp3) is 0.0909. The summed E-state index contributed by atoms with van der Waals surface area (Å²) in [5.74, 6) is 0.514. The second kappa shape index (κ2) is 8.84. The average Bonchev–Trinajstić information content (AvgIpc) is 3.38. The van der Waals surface area contributed by atoms with E-state index in [0.29, 0.717) is 27.8 Å². The van der Waals surface area contributed by atoms with Crippen molar-refractivity contribution in [3.05, 3.63) is 101 Å². The Morgan fingerprint density at radius 2 is 2.03 bits per heavy atom. The van der Waals surface area contributed by atoms with Crippen LogP contribution in [0.4, 0.5) is 10.1 Å². The number of rotatable bonds is 7. The van der Waals surface area contributed by atoms with Gasteiger partial charge in [-0.25, -0.2) is 4.39 Å². The molecule has 0 aliphatic heterocycles. The van der Waals surface area contributed by atoms with Crippen molar-refractivity contribution in [2.45, 2.75) is 13.2 Å². The van der Waals surface area contributed by atoms with Crippen molar-refractivity contribution in [2.24, 2.45) is 0 Å². The van der Waals surface area contributed by atoms with Gasteiger partial charge in [0.1, 0.15) is 23.9 Å². The molecule has 1 N–H and O–H groups in total. The fourth-order valence-corrected chi connectivity index (χ4v) is 2.98. The van der Waals surface area contributed by atoms with Crippen molar-refractivity contribution in [3.63, 3.8) is 0 Å². The van der Waals surface area contributed by atoms with Crippen molar-refractivity contribution in [3.8, 4) is 5.75 Å². The largest absolute Gasteiger partial charge is 0.486 e. The first-order chi connectivity index (χ1) is 14.6. The van der Waals surface area contributed by atoms with E-state index in [1.165, 1.54) is 12.3 Å². The van der Waals surface area contributed by atoms with E-state index in [1.807, 2.05) is 0 Å². The molecule has 0 unspecified atom stereocenters. The lowest BCUT2D eigenvalue weighted by molar-refractivity contribution is 0.0992. The molecule has 2 aromatic heterocycles. The van der Waals surface area contributed by atoms with E-state index >= 15 is 0 Å². The molecule has 0 aliphatic rings. The van der Waals surface area contributed by atoms with E-state index in [4.69, 9.17) is 20.8 Å². The van der Waals surface area contributed by atoms with Crippen LogP contribution in [-0.2, 0) is 13.2 Å². The molecule has 152 valence electrons. The number of anilines is 1. The highest BCUT2D eigenvalue weighted by Crippen LogP contribution is 2.19. The van der Waals surface area contributed by atoms with Gasteiger partial charge in [-0.3, -0.25) is 9.48 Å². The molecule has 2 heterocycles. The number of halogens is 2. The molecule has 0 saturated heterocycles. The molecular formula is C22H17ClFN3O3. The molecule has 1 amide bonds. The minimum absolute atomic E-state index is 0.140. The lowest BCUT2D eigenvalue weighted by atomic mass is 10.2. The van der Waals surface area contributed by atoms with Crippen LogP contribution in [0.15, 0.2) is 77.5 Å². The predicted octanol–water partition coefficient (Wildman–Crippen LogP) is 5.15. The smallest absolute Gasteiger partial charge is 0.291 e. The van der Waals surface area contributed by atoms with Crippen LogP contribution in [0.2, 0.25) is 5.02 Å². The Bertz CT molecular complexity index is 1170. The summed E-state index contributed by atoms with van der Waals surface area (Å²) in [6.07, 6.45) is 3.11. The van der Waals surface area contributed by atoms with Crippen LogP contribution in [-0.4, -0.2) is 15.7 Å².